The van der Waals surface area contributed by atoms with E-state index in [-0.39, 0.29) is 17.4 Å². The molecule has 0 amide bonds. The third-order valence-corrected chi connectivity index (χ3v) is 3.36. The molecule has 0 fully saturated rings. The Labute approximate surface area is 137 Å². The summed E-state index contributed by atoms with van der Waals surface area (Å²) >= 11 is 0. The van der Waals surface area contributed by atoms with Gasteiger partial charge in [-0.05, 0) is 30.3 Å². The number of hydrogen-bond acceptors (Lipinski definition) is 5. The van der Waals surface area contributed by atoms with Crippen molar-refractivity contribution in [1.29, 1.82) is 0 Å². The molecule has 0 spiro atoms. The Morgan fingerprint density at radius 3 is 2.58 bits per heavy atom. The van der Waals surface area contributed by atoms with Crippen molar-refractivity contribution in [3.63, 3.8) is 0 Å². The predicted octanol–water partition coefficient (Wildman–Crippen LogP) is 2.79. The Bertz CT molecular complexity index is 892. The number of carbonyl (C=O) groups is 1. The molecule has 2 aromatic carbocycles. The van der Waals surface area contributed by atoms with Gasteiger partial charge < -0.3 is 9.47 Å². The van der Waals surface area contributed by atoms with Gasteiger partial charge in [-0.2, -0.15) is 9.67 Å². The average Bonchev–Trinajstić information content (AvgIpc) is 3.05. The molecule has 0 N–H and O–H groups in total. The first-order chi connectivity index (χ1) is 11.6. The monoisotopic (exact) mass is 327 g/mol. The highest BCUT2D eigenvalue weighted by Crippen LogP contribution is 2.24. The minimum absolute atomic E-state index is 0.0394. The first kappa shape index (κ1) is 15.7. The fraction of sp³-hybridized carbons (Fsp3) is 0.118. The van der Waals surface area contributed by atoms with Crippen LogP contribution < -0.4 is 9.47 Å². The van der Waals surface area contributed by atoms with E-state index in [0.717, 1.165) is 10.7 Å². The first-order valence-corrected chi connectivity index (χ1v) is 7.08. The van der Waals surface area contributed by atoms with Crippen LogP contribution in [0.1, 0.15) is 10.4 Å². The van der Waals surface area contributed by atoms with Crippen LogP contribution in [-0.4, -0.2) is 34.9 Å². The van der Waals surface area contributed by atoms with Gasteiger partial charge in [0, 0.05) is 11.1 Å². The lowest BCUT2D eigenvalue weighted by Crippen LogP contribution is -2.15. The molecule has 1 heterocycles. The fourth-order valence-electron chi connectivity index (χ4n) is 2.21. The molecule has 7 heteroatoms. The molecule has 0 unspecified atom stereocenters. The molecule has 3 aromatic rings. The number of methoxy groups -OCH3 is 2. The van der Waals surface area contributed by atoms with Gasteiger partial charge in [-0.25, -0.2) is 4.39 Å². The zero-order valence-corrected chi connectivity index (χ0v) is 13.1. The van der Waals surface area contributed by atoms with Crippen molar-refractivity contribution in [2.24, 2.45) is 0 Å². The van der Waals surface area contributed by atoms with Crippen molar-refractivity contribution < 1.29 is 18.7 Å². The fourth-order valence-corrected chi connectivity index (χ4v) is 2.21. The number of ether oxygens (including phenoxy) is 2. The van der Waals surface area contributed by atoms with Gasteiger partial charge in [0.15, 0.2) is 5.82 Å². The van der Waals surface area contributed by atoms with Crippen molar-refractivity contribution in [2.75, 3.05) is 14.2 Å². The molecule has 0 aliphatic carbocycles. The van der Waals surface area contributed by atoms with Crippen LogP contribution in [-0.2, 0) is 0 Å². The molecule has 0 saturated carbocycles. The molecule has 0 saturated heterocycles. The Morgan fingerprint density at radius 2 is 1.88 bits per heavy atom. The third kappa shape index (κ3) is 2.96. The number of benzene rings is 2. The van der Waals surface area contributed by atoms with Crippen LogP contribution in [0.3, 0.4) is 0 Å². The van der Waals surface area contributed by atoms with Gasteiger partial charge in [0.05, 0.1) is 14.2 Å². The summed E-state index contributed by atoms with van der Waals surface area (Å²) in [5.74, 6) is -0.127. The normalized spacial score (nSPS) is 10.5. The zero-order valence-electron chi connectivity index (χ0n) is 13.1. The standard InChI is InChI=1S/C17H14FN3O3/c1-23-14-8-4-5-11(10-14)15-19-17(24-2)20-21(15)16(22)12-6-3-7-13(18)9-12/h3-10H,1-2H3. The minimum Gasteiger partial charge on any atom is -0.497 e. The molecule has 1 aromatic heterocycles. The van der Waals surface area contributed by atoms with E-state index in [4.69, 9.17) is 9.47 Å². The summed E-state index contributed by atoms with van der Waals surface area (Å²) in [5.41, 5.74) is 0.779. The van der Waals surface area contributed by atoms with E-state index in [9.17, 15) is 9.18 Å². The molecule has 0 aliphatic heterocycles. The van der Waals surface area contributed by atoms with E-state index in [2.05, 4.69) is 10.1 Å². The topological polar surface area (TPSA) is 66.2 Å². The van der Waals surface area contributed by atoms with E-state index in [1.807, 2.05) is 0 Å². The van der Waals surface area contributed by atoms with Gasteiger partial charge in [0.2, 0.25) is 0 Å². The van der Waals surface area contributed by atoms with Gasteiger partial charge >= 0.3 is 6.01 Å². The number of aromatic nitrogens is 3. The van der Waals surface area contributed by atoms with E-state index in [1.54, 1.807) is 31.4 Å². The number of hydrogen-bond donors (Lipinski definition) is 0. The molecule has 6 nitrogen and oxygen atoms in total. The molecule has 0 radical (unpaired) electrons. The van der Waals surface area contributed by atoms with Gasteiger partial charge in [0.25, 0.3) is 5.91 Å². The lowest BCUT2D eigenvalue weighted by atomic mass is 10.2. The van der Waals surface area contributed by atoms with Crippen molar-refractivity contribution in [2.45, 2.75) is 0 Å². The van der Waals surface area contributed by atoms with Gasteiger partial charge in [-0.1, -0.05) is 18.2 Å². The SMILES string of the molecule is COc1cccc(-c2nc(OC)nn2C(=O)c2cccc(F)c2)c1. The van der Waals surface area contributed by atoms with Crippen molar-refractivity contribution >= 4 is 5.91 Å². The molecular formula is C17H14FN3O3. The Hall–Kier alpha value is -3.22. The van der Waals surface area contributed by atoms with Crippen LogP contribution in [0.15, 0.2) is 48.5 Å². The lowest BCUT2D eigenvalue weighted by molar-refractivity contribution is 0.0945. The molecule has 122 valence electrons. The maximum absolute atomic E-state index is 13.4. The minimum atomic E-state index is -0.511. The van der Waals surface area contributed by atoms with Crippen molar-refractivity contribution in [3.8, 4) is 23.1 Å². The first-order valence-electron chi connectivity index (χ1n) is 7.08. The van der Waals surface area contributed by atoms with Gasteiger partial charge in [0.1, 0.15) is 11.6 Å². The van der Waals surface area contributed by atoms with Crippen LogP contribution in [0.2, 0.25) is 0 Å². The second kappa shape index (κ2) is 6.49. The molecule has 0 aliphatic rings. The van der Waals surface area contributed by atoms with Crippen LogP contribution in [0.25, 0.3) is 11.4 Å². The number of halogens is 1. The third-order valence-electron chi connectivity index (χ3n) is 3.36. The summed E-state index contributed by atoms with van der Waals surface area (Å²) in [4.78, 5) is 16.9. The highest BCUT2D eigenvalue weighted by atomic mass is 19.1. The number of rotatable bonds is 4. The summed E-state index contributed by atoms with van der Waals surface area (Å²) in [7, 11) is 2.95. The largest absolute Gasteiger partial charge is 0.497 e. The van der Waals surface area contributed by atoms with E-state index in [1.165, 1.54) is 25.3 Å². The summed E-state index contributed by atoms with van der Waals surface area (Å²) in [5, 5.41) is 4.04. The Kier molecular flexibility index (Phi) is 4.24. The second-order valence-corrected chi connectivity index (χ2v) is 4.88. The second-order valence-electron chi connectivity index (χ2n) is 4.88. The summed E-state index contributed by atoms with van der Waals surface area (Å²) in [6, 6.07) is 12.4. The van der Waals surface area contributed by atoms with Crippen LogP contribution in [0, 0.1) is 5.82 Å². The Morgan fingerprint density at radius 1 is 1.08 bits per heavy atom. The molecule has 0 atom stereocenters. The van der Waals surface area contributed by atoms with Gasteiger partial charge in [-0.3, -0.25) is 4.79 Å². The van der Waals surface area contributed by atoms with E-state index < -0.39 is 11.7 Å². The maximum atomic E-state index is 13.4. The smallest absolute Gasteiger partial charge is 0.336 e. The summed E-state index contributed by atoms with van der Waals surface area (Å²) in [6.45, 7) is 0. The summed E-state index contributed by atoms with van der Waals surface area (Å²) < 4.78 is 24.7. The van der Waals surface area contributed by atoms with Crippen molar-refractivity contribution in [3.05, 3.63) is 59.9 Å². The van der Waals surface area contributed by atoms with Crippen LogP contribution in [0.5, 0.6) is 11.8 Å². The predicted molar refractivity (Wildman–Crippen MR) is 84.7 cm³/mol. The van der Waals surface area contributed by atoms with E-state index in [0.29, 0.717) is 11.3 Å². The maximum Gasteiger partial charge on any atom is 0.336 e. The van der Waals surface area contributed by atoms with Crippen molar-refractivity contribution in [1.82, 2.24) is 14.8 Å². The molecular weight excluding hydrogens is 313 g/mol. The summed E-state index contributed by atoms with van der Waals surface area (Å²) in [6.07, 6.45) is 0. The molecule has 3 rings (SSSR count). The number of nitrogens with zero attached hydrogens (tertiary/aromatic N) is 3. The quantitative estimate of drug-likeness (QED) is 0.737. The molecule has 24 heavy (non-hydrogen) atoms. The van der Waals surface area contributed by atoms with Gasteiger partial charge in [-0.15, -0.1) is 5.10 Å². The number of carbonyl (C=O) groups excluding carboxylic acids is 1. The van der Waals surface area contributed by atoms with E-state index >= 15 is 0 Å². The Balaban J connectivity index is 2.10. The zero-order chi connectivity index (χ0) is 17.1. The highest BCUT2D eigenvalue weighted by molar-refractivity contribution is 5.97. The molecule has 0 bridgehead atoms. The highest BCUT2D eigenvalue weighted by Gasteiger charge is 2.20. The average molecular weight is 327 g/mol. The van der Waals surface area contributed by atoms with Crippen LogP contribution in [0.4, 0.5) is 4.39 Å². The van der Waals surface area contributed by atoms with Crippen LogP contribution >= 0.6 is 0 Å². The lowest BCUT2D eigenvalue weighted by Gasteiger charge is -2.06.